The minimum Gasteiger partial charge on any atom is -0.0937 e. The van der Waals surface area contributed by atoms with Crippen molar-refractivity contribution in [2.45, 2.75) is 19.8 Å². The van der Waals surface area contributed by atoms with Gasteiger partial charge in [-0.05, 0) is 12.0 Å². The fraction of sp³-hybridized carbons (Fsp3) is 0.500. The van der Waals surface area contributed by atoms with Gasteiger partial charge in [-0.1, -0.05) is 18.8 Å². The van der Waals surface area contributed by atoms with E-state index in [-0.39, 0.29) is 0 Å². The van der Waals surface area contributed by atoms with Crippen molar-refractivity contribution in [3.8, 4) is 11.8 Å². The van der Waals surface area contributed by atoms with Gasteiger partial charge >= 0.3 is 0 Å². The second-order valence-electron chi connectivity index (χ2n) is 2.38. The third-order valence-electron chi connectivity index (χ3n) is 1.94. The number of hydrogen-bond donors (Lipinski definition) is 0. The molecule has 0 aromatic rings. The Labute approximate surface area is 49.6 Å². The van der Waals surface area contributed by atoms with Crippen molar-refractivity contribution in [3.63, 3.8) is 0 Å². The summed E-state index contributed by atoms with van der Waals surface area (Å²) in [5, 5.41) is 0. The quantitative estimate of drug-likeness (QED) is 0.444. The van der Waals surface area contributed by atoms with Crippen LogP contribution in [0, 0.1) is 17.8 Å². The van der Waals surface area contributed by atoms with E-state index in [1.54, 1.807) is 5.57 Å². The first-order valence-corrected chi connectivity index (χ1v) is 3.15. The lowest BCUT2D eigenvalue weighted by Gasteiger charge is -1.90. The van der Waals surface area contributed by atoms with Crippen LogP contribution in [0.1, 0.15) is 19.8 Å². The first kappa shape index (κ1) is 4.21. The number of rotatable bonds is 1. The third-order valence-corrected chi connectivity index (χ3v) is 1.94. The highest BCUT2D eigenvalue weighted by Gasteiger charge is 2.34. The lowest BCUT2D eigenvalue weighted by Crippen LogP contribution is -1.80. The molecule has 0 nitrogen and oxygen atoms in total. The van der Waals surface area contributed by atoms with Crippen LogP contribution >= 0.6 is 0 Å². The van der Waals surface area contributed by atoms with Crippen LogP contribution in [-0.2, 0) is 0 Å². The van der Waals surface area contributed by atoms with E-state index >= 15 is 0 Å². The number of hydrogen-bond acceptors (Lipinski definition) is 0. The van der Waals surface area contributed by atoms with E-state index in [1.807, 2.05) is 0 Å². The van der Waals surface area contributed by atoms with Gasteiger partial charge in [0.2, 0.25) is 0 Å². The maximum atomic E-state index is 3.12. The van der Waals surface area contributed by atoms with Crippen LogP contribution in [0.5, 0.6) is 0 Å². The minimum absolute atomic E-state index is 0.830. The molecule has 0 aliphatic heterocycles. The van der Waals surface area contributed by atoms with Crippen LogP contribution in [0.25, 0.3) is 0 Å². The van der Waals surface area contributed by atoms with Gasteiger partial charge in [-0.3, -0.25) is 0 Å². The Bertz CT molecular complexity index is 210. The van der Waals surface area contributed by atoms with Crippen molar-refractivity contribution in [2.24, 2.45) is 5.92 Å². The van der Waals surface area contributed by atoms with Gasteiger partial charge in [0.25, 0.3) is 0 Å². The summed E-state index contributed by atoms with van der Waals surface area (Å²) < 4.78 is 0. The molecule has 2 rings (SSSR count). The molecule has 0 fully saturated rings. The lowest BCUT2D eigenvalue weighted by atomic mass is 10.1. The van der Waals surface area contributed by atoms with Gasteiger partial charge in [-0.2, -0.15) is 0 Å². The van der Waals surface area contributed by atoms with E-state index in [2.05, 4.69) is 18.8 Å². The summed E-state index contributed by atoms with van der Waals surface area (Å²) in [6.45, 7) is 2.23. The van der Waals surface area contributed by atoms with E-state index in [1.165, 1.54) is 12.0 Å². The van der Waals surface area contributed by atoms with Gasteiger partial charge in [0.1, 0.15) is 0 Å². The Morgan fingerprint density at radius 3 is 3.00 bits per heavy atom. The molecule has 0 saturated carbocycles. The molecule has 0 heteroatoms. The van der Waals surface area contributed by atoms with Crippen molar-refractivity contribution >= 4 is 0 Å². The van der Waals surface area contributed by atoms with Crippen LogP contribution < -0.4 is 0 Å². The van der Waals surface area contributed by atoms with Crippen LogP contribution in [0.2, 0.25) is 0 Å². The summed E-state index contributed by atoms with van der Waals surface area (Å²) in [5.74, 6) is 7.02. The predicted octanol–water partition coefficient (Wildman–Crippen LogP) is 1.73. The second kappa shape index (κ2) is 1.17. The van der Waals surface area contributed by atoms with Gasteiger partial charge in [-0.25, -0.2) is 0 Å². The topological polar surface area (TPSA) is 0 Å². The van der Waals surface area contributed by atoms with E-state index in [0.29, 0.717) is 0 Å². The van der Waals surface area contributed by atoms with Crippen molar-refractivity contribution in [1.29, 1.82) is 0 Å². The molecule has 8 heavy (non-hydrogen) atoms. The molecular weight excluding hydrogens is 96.1 g/mol. The molecule has 0 bridgehead atoms. The van der Waals surface area contributed by atoms with Gasteiger partial charge in [0.15, 0.2) is 0 Å². The fourth-order valence-electron chi connectivity index (χ4n) is 1.39. The van der Waals surface area contributed by atoms with E-state index in [9.17, 15) is 0 Å². The Morgan fingerprint density at radius 1 is 1.75 bits per heavy atom. The number of allylic oxidation sites excluding steroid dienone is 2. The molecule has 0 saturated heterocycles. The maximum absolute atomic E-state index is 3.12. The Balaban J connectivity index is 2.16. The molecule has 1 unspecified atom stereocenters. The zero-order valence-corrected chi connectivity index (χ0v) is 4.99. The summed E-state index contributed by atoms with van der Waals surface area (Å²) in [6.07, 6.45) is 2.35. The summed E-state index contributed by atoms with van der Waals surface area (Å²) >= 11 is 0. The Morgan fingerprint density at radius 2 is 2.62 bits per heavy atom. The van der Waals surface area contributed by atoms with Crippen LogP contribution in [0.15, 0.2) is 11.1 Å². The Kier molecular flexibility index (Phi) is 0.615. The second-order valence-corrected chi connectivity index (χ2v) is 2.38. The zero-order chi connectivity index (χ0) is 5.56. The first-order chi connectivity index (χ1) is 3.93. The summed E-state index contributed by atoms with van der Waals surface area (Å²) in [6, 6.07) is 0. The van der Waals surface area contributed by atoms with Crippen molar-refractivity contribution in [3.05, 3.63) is 11.1 Å². The van der Waals surface area contributed by atoms with Crippen LogP contribution in [0.3, 0.4) is 0 Å². The fourth-order valence-corrected chi connectivity index (χ4v) is 1.39. The molecule has 0 aromatic carbocycles. The Hall–Kier alpha value is -0.700. The zero-order valence-electron chi connectivity index (χ0n) is 4.99. The molecule has 0 spiro atoms. The highest BCUT2D eigenvalue weighted by atomic mass is 14.4. The average Bonchev–Trinajstić information content (AvgIpc) is 2.22. The maximum Gasteiger partial charge on any atom is 0.0321 e. The molecule has 1 atom stereocenters. The standard InChI is InChI=1S/C8H8/c1-2-6-7-4-3-5-8(6)7/h6H,2,4H2,1H3. The van der Waals surface area contributed by atoms with Gasteiger partial charge in [0.05, 0.1) is 0 Å². The molecule has 0 amide bonds. The van der Waals surface area contributed by atoms with E-state index in [4.69, 9.17) is 0 Å². The molecule has 40 valence electrons. The van der Waals surface area contributed by atoms with Crippen molar-refractivity contribution < 1.29 is 0 Å². The summed E-state index contributed by atoms with van der Waals surface area (Å²) in [5.41, 5.74) is 3.07. The average molecular weight is 104 g/mol. The molecule has 2 aliphatic carbocycles. The van der Waals surface area contributed by atoms with Crippen LogP contribution in [0.4, 0.5) is 0 Å². The minimum atomic E-state index is 0.830. The molecule has 0 N–H and O–H groups in total. The molecule has 0 heterocycles. The SMILES string of the molecule is CCC1C2=C1CC#C2. The monoisotopic (exact) mass is 104 g/mol. The third kappa shape index (κ3) is 0.327. The molecule has 0 radical (unpaired) electrons. The highest BCUT2D eigenvalue weighted by Crippen LogP contribution is 2.45. The smallest absolute Gasteiger partial charge is 0.0321 e. The molecule has 0 aromatic heterocycles. The van der Waals surface area contributed by atoms with Gasteiger partial charge in [0, 0.05) is 17.9 Å². The largest absolute Gasteiger partial charge is 0.0937 e. The lowest BCUT2D eigenvalue weighted by molar-refractivity contribution is 0.811. The summed E-state index contributed by atoms with van der Waals surface area (Å²) in [7, 11) is 0. The van der Waals surface area contributed by atoms with Gasteiger partial charge in [-0.15, -0.1) is 0 Å². The van der Waals surface area contributed by atoms with Gasteiger partial charge < -0.3 is 0 Å². The van der Waals surface area contributed by atoms with Crippen molar-refractivity contribution in [1.82, 2.24) is 0 Å². The van der Waals surface area contributed by atoms with Crippen molar-refractivity contribution in [2.75, 3.05) is 0 Å². The van der Waals surface area contributed by atoms with E-state index in [0.717, 1.165) is 12.3 Å². The normalized spacial score (nSPS) is 29.4. The van der Waals surface area contributed by atoms with E-state index < -0.39 is 0 Å². The molecule has 2 aliphatic rings. The van der Waals surface area contributed by atoms with Crippen LogP contribution in [-0.4, -0.2) is 0 Å². The highest BCUT2D eigenvalue weighted by molar-refractivity contribution is 5.59. The predicted molar refractivity (Wildman–Crippen MR) is 33.2 cm³/mol. The summed E-state index contributed by atoms with van der Waals surface area (Å²) in [4.78, 5) is 0. The molecular formula is C8H8. The first-order valence-electron chi connectivity index (χ1n) is 3.15.